The average molecular weight is 413 g/mol. The third kappa shape index (κ3) is 3.23. The van der Waals surface area contributed by atoms with E-state index < -0.39 is 18.2 Å². The molecule has 0 radical (unpaired) electrons. The number of aliphatic hydroxyl groups is 1. The second-order valence-electron chi connectivity index (χ2n) is 8.22. The number of anilines is 1. The summed E-state index contributed by atoms with van der Waals surface area (Å²) in [6.45, 7) is 4.70. The van der Waals surface area contributed by atoms with Crippen molar-refractivity contribution in [1.82, 2.24) is 19.7 Å². The molecule has 4 atom stereocenters. The fourth-order valence-electron chi connectivity index (χ4n) is 4.39. The molecule has 0 spiro atoms. The zero-order valence-corrected chi connectivity index (χ0v) is 17.0. The van der Waals surface area contributed by atoms with Crippen molar-refractivity contribution in [2.75, 3.05) is 11.9 Å². The van der Waals surface area contributed by atoms with Crippen LogP contribution in [0.1, 0.15) is 31.9 Å². The van der Waals surface area contributed by atoms with Gasteiger partial charge in [0.15, 0.2) is 12.1 Å². The number of hydrogen-bond donors (Lipinski definition) is 2. The van der Waals surface area contributed by atoms with Crippen molar-refractivity contribution in [2.45, 2.75) is 50.7 Å². The predicted octanol–water partition coefficient (Wildman–Crippen LogP) is 2.58. The minimum atomic E-state index is -0.847. The number of ether oxygens (including phenoxy) is 2. The van der Waals surface area contributed by atoms with E-state index in [1.54, 1.807) is 0 Å². The molecule has 4 heterocycles. The normalized spacial score (nSPS) is 25.9. The first-order valence-corrected chi connectivity index (χ1v) is 10.1. The van der Waals surface area contributed by atoms with Crippen LogP contribution in [0.2, 0.25) is 0 Å². The van der Waals surface area contributed by atoms with Gasteiger partial charge in [0, 0.05) is 23.7 Å². The van der Waals surface area contributed by atoms with E-state index in [0.717, 1.165) is 22.8 Å². The van der Waals surface area contributed by atoms with Crippen molar-refractivity contribution in [3.63, 3.8) is 0 Å². The average Bonchev–Trinajstić information content (AvgIpc) is 3.27. The van der Waals surface area contributed by atoms with Gasteiger partial charge in [-0.25, -0.2) is 14.4 Å². The number of benzene rings is 1. The van der Waals surface area contributed by atoms with Crippen LogP contribution in [0.5, 0.6) is 0 Å². The maximum atomic E-state index is 14.6. The first kappa shape index (κ1) is 19.3. The number of aromatic nitrogens is 4. The number of rotatable bonds is 4. The van der Waals surface area contributed by atoms with E-state index >= 15 is 0 Å². The number of nitrogens with zero attached hydrogens (tertiary/aromatic N) is 4. The molecular weight excluding hydrogens is 389 g/mol. The van der Waals surface area contributed by atoms with Gasteiger partial charge < -0.3 is 19.9 Å². The summed E-state index contributed by atoms with van der Waals surface area (Å²) in [4.78, 5) is 8.45. The summed E-state index contributed by atoms with van der Waals surface area (Å²) in [7, 11) is 1.92. The SMILES string of the molecule is CC(C)c1c2ccc(-c3nc(N[C@@H]4C[C@H]5CO[C@H](O5)[C@H]4O)ncc3F)cc2nn1C. The number of aryl methyl sites for hydroxylation is 1. The van der Waals surface area contributed by atoms with Crippen molar-refractivity contribution in [3.05, 3.63) is 35.9 Å². The lowest BCUT2D eigenvalue weighted by atomic mass is 10.0. The molecular formula is C21H24FN5O3. The Morgan fingerprint density at radius 1 is 1.33 bits per heavy atom. The quantitative estimate of drug-likeness (QED) is 0.679. The summed E-state index contributed by atoms with van der Waals surface area (Å²) in [5.74, 6) is 0.0548. The van der Waals surface area contributed by atoms with Crippen LogP contribution in [0, 0.1) is 5.82 Å². The number of hydrogen-bond acceptors (Lipinski definition) is 7. The molecule has 1 aromatic carbocycles. The van der Waals surface area contributed by atoms with Gasteiger partial charge in [-0.2, -0.15) is 5.10 Å². The Morgan fingerprint density at radius 3 is 2.97 bits per heavy atom. The molecule has 2 aliphatic heterocycles. The first-order chi connectivity index (χ1) is 14.4. The topological polar surface area (TPSA) is 94.3 Å². The van der Waals surface area contributed by atoms with E-state index in [9.17, 15) is 9.50 Å². The molecule has 2 aromatic heterocycles. The van der Waals surface area contributed by atoms with Crippen LogP contribution in [-0.2, 0) is 16.5 Å². The van der Waals surface area contributed by atoms with E-state index in [1.165, 1.54) is 0 Å². The van der Waals surface area contributed by atoms with Gasteiger partial charge >= 0.3 is 0 Å². The molecule has 0 aliphatic carbocycles. The largest absolute Gasteiger partial charge is 0.386 e. The molecule has 2 N–H and O–H groups in total. The molecule has 3 aromatic rings. The van der Waals surface area contributed by atoms with Gasteiger partial charge in [-0.05, 0) is 18.4 Å². The minimum absolute atomic E-state index is 0.0717. The molecule has 2 saturated heterocycles. The van der Waals surface area contributed by atoms with Crippen molar-refractivity contribution < 1.29 is 19.0 Å². The van der Waals surface area contributed by atoms with Crippen LogP contribution < -0.4 is 5.32 Å². The fraction of sp³-hybridized carbons (Fsp3) is 0.476. The number of fused-ring (bicyclic) bond motifs is 3. The van der Waals surface area contributed by atoms with E-state index in [1.807, 2.05) is 29.9 Å². The lowest BCUT2D eigenvalue weighted by molar-refractivity contribution is -0.156. The molecule has 2 bridgehead atoms. The van der Waals surface area contributed by atoms with Crippen LogP contribution in [0.4, 0.5) is 10.3 Å². The molecule has 5 rings (SSSR count). The second-order valence-corrected chi connectivity index (χ2v) is 8.22. The van der Waals surface area contributed by atoms with Gasteiger partial charge in [-0.1, -0.05) is 26.0 Å². The van der Waals surface area contributed by atoms with Crippen LogP contribution in [-0.4, -0.2) is 56.0 Å². The highest BCUT2D eigenvalue weighted by Crippen LogP contribution is 2.31. The van der Waals surface area contributed by atoms with Crippen LogP contribution >= 0.6 is 0 Å². The Balaban J connectivity index is 1.46. The van der Waals surface area contributed by atoms with Crippen molar-refractivity contribution in [3.8, 4) is 11.3 Å². The van der Waals surface area contributed by atoms with E-state index in [4.69, 9.17) is 9.47 Å². The molecule has 0 unspecified atom stereocenters. The Kier molecular flexibility index (Phi) is 4.68. The summed E-state index contributed by atoms with van der Waals surface area (Å²) in [5, 5.41) is 19.1. The summed E-state index contributed by atoms with van der Waals surface area (Å²) in [6, 6.07) is 5.32. The number of halogens is 1. The van der Waals surface area contributed by atoms with Gasteiger partial charge in [-0.3, -0.25) is 4.68 Å². The molecule has 158 valence electrons. The van der Waals surface area contributed by atoms with Gasteiger partial charge in [-0.15, -0.1) is 0 Å². The van der Waals surface area contributed by atoms with Crippen molar-refractivity contribution >= 4 is 16.9 Å². The Hall–Kier alpha value is -2.62. The lowest BCUT2D eigenvalue weighted by Crippen LogP contribution is -2.48. The molecule has 9 heteroatoms. The van der Waals surface area contributed by atoms with E-state index in [-0.39, 0.29) is 23.8 Å². The van der Waals surface area contributed by atoms with Crippen molar-refractivity contribution in [1.29, 1.82) is 0 Å². The third-order valence-corrected chi connectivity index (χ3v) is 5.74. The monoisotopic (exact) mass is 413 g/mol. The summed E-state index contributed by atoms with van der Waals surface area (Å²) in [6.07, 6.45) is 0.135. The van der Waals surface area contributed by atoms with E-state index in [2.05, 4.69) is 34.2 Å². The van der Waals surface area contributed by atoms with Gasteiger partial charge in [0.2, 0.25) is 5.95 Å². The smallest absolute Gasteiger partial charge is 0.223 e. The fourth-order valence-corrected chi connectivity index (χ4v) is 4.39. The second kappa shape index (κ2) is 7.26. The Morgan fingerprint density at radius 2 is 2.17 bits per heavy atom. The summed E-state index contributed by atoms with van der Waals surface area (Å²) in [5.41, 5.74) is 2.73. The van der Waals surface area contributed by atoms with Gasteiger partial charge in [0.1, 0.15) is 11.8 Å². The third-order valence-electron chi connectivity index (χ3n) is 5.74. The predicted molar refractivity (Wildman–Crippen MR) is 108 cm³/mol. The van der Waals surface area contributed by atoms with Crippen molar-refractivity contribution in [2.24, 2.45) is 7.05 Å². The Bertz CT molecular complexity index is 1100. The Labute approximate surface area is 173 Å². The maximum Gasteiger partial charge on any atom is 0.223 e. The highest BCUT2D eigenvalue weighted by Gasteiger charge is 2.43. The highest BCUT2D eigenvalue weighted by molar-refractivity contribution is 5.86. The van der Waals surface area contributed by atoms with Crippen LogP contribution in [0.15, 0.2) is 24.4 Å². The van der Waals surface area contributed by atoms with Gasteiger partial charge in [0.05, 0.1) is 30.5 Å². The summed E-state index contributed by atoms with van der Waals surface area (Å²) >= 11 is 0. The lowest BCUT2D eigenvalue weighted by Gasteiger charge is -2.32. The minimum Gasteiger partial charge on any atom is -0.386 e. The molecule has 2 fully saturated rings. The molecule has 30 heavy (non-hydrogen) atoms. The first-order valence-electron chi connectivity index (χ1n) is 10.1. The van der Waals surface area contributed by atoms with E-state index in [0.29, 0.717) is 24.5 Å². The molecule has 0 amide bonds. The summed E-state index contributed by atoms with van der Waals surface area (Å²) < 4.78 is 27.4. The van der Waals surface area contributed by atoms with Crippen LogP contribution in [0.3, 0.4) is 0 Å². The zero-order chi connectivity index (χ0) is 21.0. The number of aliphatic hydroxyl groups excluding tert-OH is 1. The maximum absolute atomic E-state index is 14.6. The number of nitrogens with one attached hydrogen (secondary N) is 1. The molecule has 2 aliphatic rings. The zero-order valence-electron chi connectivity index (χ0n) is 17.0. The standard InChI is InChI=1S/C21H24FN5O3/c1-10(2)18-13-5-4-11(6-15(13)26-27(18)3)17-14(22)8-23-21(25-17)24-16-7-12-9-29-20(30-12)19(16)28/h4-6,8,10,12,16,19-20,28H,7,9H2,1-3H3,(H,23,24,25)/t12-,16+,19-,20+/m0/s1. The highest BCUT2D eigenvalue weighted by atomic mass is 19.1. The molecule has 8 nitrogen and oxygen atoms in total. The van der Waals surface area contributed by atoms with Crippen LogP contribution in [0.25, 0.3) is 22.2 Å². The molecule has 0 saturated carbocycles. The van der Waals surface area contributed by atoms with Gasteiger partial charge in [0.25, 0.3) is 0 Å².